The molecule has 5 rings (SSSR count). The molecule has 1 fully saturated rings. The molecule has 0 radical (unpaired) electrons. The molecule has 3 aromatic carbocycles. The van der Waals surface area contributed by atoms with Gasteiger partial charge < -0.3 is 19.4 Å². The van der Waals surface area contributed by atoms with E-state index in [2.05, 4.69) is 21.7 Å². The first-order valence-corrected chi connectivity index (χ1v) is 12.4. The number of rotatable bonds is 5. The Morgan fingerprint density at radius 2 is 1.79 bits per heavy atom. The first kappa shape index (κ1) is 25.3. The fourth-order valence-corrected chi connectivity index (χ4v) is 4.67. The molecule has 0 saturated carbocycles. The van der Waals surface area contributed by atoms with Crippen molar-refractivity contribution in [2.75, 3.05) is 36.5 Å². The first-order chi connectivity index (χ1) is 18.3. The highest BCUT2D eigenvalue weighted by molar-refractivity contribution is 7.80. The average Bonchev–Trinajstić information content (AvgIpc) is 3.32. The molecule has 0 unspecified atom stereocenters. The molecule has 0 atom stereocenters. The number of non-ortho nitro benzene ring substituents is 1. The van der Waals surface area contributed by atoms with E-state index in [9.17, 15) is 14.9 Å². The zero-order valence-electron chi connectivity index (χ0n) is 20.8. The molecule has 4 aromatic rings. The highest BCUT2D eigenvalue weighted by atomic mass is 32.1. The van der Waals surface area contributed by atoms with Gasteiger partial charge >= 0.3 is 0 Å². The number of nitro groups is 1. The zero-order chi connectivity index (χ0) is 26.8. The summed E-state index contributed by atoms with van der Waals surface area (Å²) in [6.07, 6.45) is 0. The highest BCUT2D eigenvalue weighted by Crippen LogP contribution is 2.28. The minimum absolute atomic E-state index is 0.0480. The van der Waals surface area contributed by atoms with Gasteiger partial charge in [0.1, 0.15) is 5.52 Å². The van der Waals surface area contributed by atoms with Crippen molar-refractivity contribution >= 4 is 51.4 Å². The van der Waals surface area contributed by atoms with Crippen molar-refractivity contribution in [3.63, 3.8) is 0 Å². The summed E-state index contributed by atoms with van der Waals surface area (Å²) in [5.74, 6) is -0.0338. The summed E-state index contributed by atoms with van der Waals surface area (Å²) in [7, 11) is 0. The number of anilines is 2. The van der Waals surface area contributed by atoms with Crippen LogP contribution in [-0.2, 0) is 4.74 Å². The molecule has 0 aliphatic carbocycles. The Morgan fingerprint density at radius 1 is 1.05 bits per heavy atom. The molecular weight excluding hydrogens is 506 g/mol. The predicted molar refractivity (Wildman–Crippen MR) is 149 cm³/mol. The van der Waals surface area contributed by atoms with E-state index in [1.165, 1.54) is 12.1 Å². The predicted octanol–water partition coefficient (Wildman–Crippen LogP) is 4.98. The summed E-state index contributed by atoms with van der Waals surface area (Å²) in [5.41, 5.74) is 5.55. The summed E-state index contributed by atoms with van der Waals surface area (Å²) in [4.78, 5) is 30.6. The van der Waals surface area contributed by atoms with Crippen LogP contribution in [0.3, 0.4) is 0 Å². The second-order valence-electron chi connectivity index (χ2n) is 9.04. The number of morpholine rings is 1. The molecule has 0 bridgehead atoms. The third-order valence-electron chi connectivity index (χ3n) is 6.13. The molecule has 38 heavy (non-hydrogen) atoms. The van der Waals surface area contributed by atoms with Gasteiger partial charge in [-0.05, 0) is 62.5 Å². The van der Waals surface area contributed by atoms with Crippen molar-refractivity contribution in [1.82, 2.24) is 10.3 Å². The number of hydrogen-bond acceptors (Lipinski definition) is 8. The Bertz CT molecular complexity index is 1540. The number of ether oxygens (including phenoxy) is 1. The fourth-order valence-electron chi connectivity index (χ4n) is 4.46. The number of hydrogen-bond donors (Lipinski definition) is 2. The average molecular weight is 532 g/mol. The molecule has 0 spiro atoms. The highest BCUT2D eigenvalue weighted by Gasteiger charge is 2.23. The van der Waals surface area contributed by atoms with E-state index in [1.807, 2.05) is 30.9 Å². The summed E-state index contributed by atoms with van der Waals surface area (Å²) in [5, 5.41) is 17.0. The molecule has 11 heteroatoms. The van der Waals surface area contributed by atoms with Crippen LogP contribution in [0.1, 0.15) is 21.5 Å². The topological polar surface area (TPSA) is 123 Å². The Kier molecular flexibility index (Phi) is 7.03. The monoisotopic (exact) mass is 531 g/mol. The number of nitro benzene ring substituents is 1. The zero-order valence-corrected chi connectivity index (χ0v) is 21.6. The number of benzene rings is 3. The Labute approximate surface area is 223 Å². The fraction of sp³-hybridized carbons (Fsp3) is 0.222. The molecule has 1 aromatic heterocycles. The van der Waals surface area contributed by atoms with E-state index in [0.717, 1.165) is 16.7 Å². The van der Waals surface area contributed by atoms with Gasteiger partial charge in [0.05, 0.1) is 29.4 Å². The van der Waals surface area contributed by atoms with Crippen LogP contribution in [0.2, 0.25) is 0 Å². The van der Waals surface area contributed by atoms with Gasteiger partial charge in [0, 0.05) is 36.5 Å². The van der Waals surface area contributed by atoms with Crippen LogP contribution in [0.5, 0.6) is 0 Å². The molecule has 1 saturated heterocycles. The first-order valence-electron chi connectivity index (χ1n) is 12.0. The molecule has 2 heterocycles. The van der Waals surface area contributed by atoms with Crippen LogP contribution in [0.4, 0.5) is 17.1 Å². The number of nitrogens with one attached hydrogen (secondary N) is 2. The number of thiocarbonyl (C=S) groups is 1. The molecule has 1 aliphatic heterocycles. The van der Waals surface area contributed by atoms with E-state index in [-0.39, 0.29) is 16.4 Å². The molecule has 1 amide bonds. The molecule has 194 valence electrons. The van der Waals surface area contributed by atoms with Crippen LogP contribution >= 0.6 is 12.2 Å². The lowest BCUT2D eigenvalue weighted by atomic mass is 10.1. The largest absolute Gasteiger partial charge is 0.436 e. The summed E-state index contributed by atoms with van der Waals surface area (Å²) >= 11 is 5.38. The molecule has 1 aliphatic rings. The van der Waals surface area contributed by atoms with Gasteiger partial charge in [-0.1, -0.05) is 17.2 Å². The Morgan fingerprint density at radius 3 is 2.50 bits per heavy atom. The van der Waals surface area contributed by atoms with Gasteiger partial charge in [-0.25, -0.2) is 4.98 Å². The number of aryl methyl sites for hydroxylation is 2. The number of carbonyl (C=O) groups is 1. The number of nitrogens with zero attached hydrogens (tertiary/aromatic N) is 3. The van der Waals surface area contributed by atoms with Crippen LogP contribution in [0.15, 0.2) is 59.0 Å². The van der Waals surface area contributed by atoms with E-state index < -0.39 is 10.8 Å². The van der Waals surface area contributed by atoms with Crippen molar-refractivity contribution in [2.24, 2.45) is 0 Å². The quantitative estimate of drug-likeness (QED) is 0.208. The van der Waals surface area contributed by atoms with Crippen molar-refractivity contribution < 1.29 is 18.9 Å². The van der Waals surface area contributed by atoms with E-state index in [4.69, 9.17) is 21.4 Å². The Balaban J connectivity index is 1.34. The van der Waals surface area contributed by atoms with Crippen molar-refractivity contribution in [3.05, 3.63) is 81.4 Å². The van der Waals surface area contributed by atoms with Crippen molar-refractivity contribution in [2.45, 2.75) is 13.8 Å². The van der Waals surface area contributed by atoms with Gasteiger partial charge in [0.2, 0.25) is 5.89 Å². The van der Waals surface area contributed by atoms with E-state index in [1.54, 1.807) is 24.3 Å². The maximum Gasteiger partial charge on any atom is 0.270 e. The smallest absolute Gasteiger partial charge is 0.270 e. The van der Waals surface area contributed by atoms with Crippen molar-refractivity contribution in [3.8, 4) is 11.5 Å². The summed E-state index contributed by atoms with van der Waals surface area (Å²) in [6, 6.07) is 15.7. The minimum Gasteiger partial charge on any atom is -0.436 e. The molecule has 2 N–H and O–H groups in total. The number of fused-ring (bicyclic) bond motifs is 1. The lowest BCUT2D eigenvalue weighted by molar-refractivity contribution is -0.384. The van der Waals surface area contributed by atoms with Crippen LogP contribution in [0.25, 0.3) is 22.6 Å². The second kappa shape index (κ2) is 10.6. The molecule has 10 nitrogen and oxygen atoms in total. The minimum atomic E-state index is -0.549. The van der Waals surface area contributed by atoms with E-state index in [0.29, 0.717) is 54.7 Å². The maximum absolute atomic E-state index is 13.2. The van der Waals surface area contributed by atoms with Crippen LogP contribution < -0.4 is 15.5 Å². The van der Waals surface area contributed by atoms with Gasteiger partial charge in [-0.15, -0.1) is 0 Å². The van der Waals surface area contributed by atoms with Gasteiger partial charge in [0.15, 0.2) is 10.7 Å². The summed E-state index contributed by atoms with van der Waals surface area (Å²) in [6.45, 7) is 6.20. The van der Waals surface area contributed by atoms with Crippen LogP contribution in [0, 0.1) is 24.0 Å². The molecular formula is C27H25N5O5S. The third kappa shape index (κ3) is 5.48. The maximum atomic E-state index is 13.2. The number of amides is 1. The standard InChI is InChI=1S/C27H25N5O5S/c1-16-11-17(2)13-18(12-16)26-29-22-14-19(3-6-24(22)37-26)28-27(38)30-25(33)21-15-20(32(34)35)4-5-23(21)31-7-9-36-10-8-31/h3-6,11-15H,7-10H2,1-2H3,(H2,28,30,33,38). The number of oxazole rings is 1. The van der Waals surface area contributed by atoms with Gasteiger partial charge in [0.25, 0.3) is 11.6 Å². The lowest BCUT2D eigenvalue weighted by Gasteiger charge is -2.30. The van der Waals surface area contributed by atoms with Crippen LogP contribution in [-0.4, -0.2) is 47.2 Å². The van der Waals surface area contributed by atoms with Crippen molar-refractivity contribution in [1.29, 1.82) is 0 Å². The van der Waals surface area contributed by atoms with Gasteiger partial charge in [-0.3, -0.25) is 20.2 Å². The van der Waals surface area contributed by atoms with Gasteiger partial charge in [-0.2, -0.15) is 0 Å². The van der Waals surface area contributed by atoms with E-state index >= 15 is 0 Å². The SMILES string of the molecule is Cc1cc(C)cc(-c2nc3cc(NC(=S)NC(=O)c4cc([N+](=O)[O-])ccc4N4CCOCC4)ccc3o2)c1. The summed E-state index contributed by atoms with van der Waals surface area (Å²) < 4.78 is 11.3. The lowest BCUT2D eigenvalue weighted by Crippen LogP contribution is -2.39. The number of aromatic nitrogens is 1. The normalized spacial score (nSPS) is 13.4. The third-order valence-corrected chi connectivity index (χ3v) is 6.33. The second-order valence-corrected chi connectivity index (χ2v) is 9.45. The number of carbonyl (C=O) groups excluding carboxylic acids is 1. The Hall–Kier alpha value is -4.35.